The Balaban J connectivity index is 2.18. The molecule has 1 aliphatic carbocycles. The first-order valence-corrected chi connectivity index (χ1v) is 9.74. The van der Waals surface area contributed by atoms with Gasteiger partial charge in [0, 0.05) is 24.9 Å². The average molecular weight is 419 g/mol. The molecule has 0 bridgehead atoms. The maximum Gasteiger partial charge on any atom is 0.410 e. The number of ether oxygens (including phenoxy) is 1. The number of carbonyl (C=O) groups is 1. The van der Waals surface area contributed by atoms with Crippen LogP contribution in [0.4, 0.5) is 9.18 Å². The van der Waals surface area contributed by atoms with E-state index < -0.39 is 34.8 Å². The highest BCUT2D eigenvalue weighted by atomic mass is 19.1. The molecule has 0 radical (unpaired) electrons. The highest BCUT2D eigenvalue weighted by Crippen LogP contribution is 2.54. The Labute approximate surface area is 180 Å². The van der Waals surface area contributed by atoms with Crippen molar-refractivity contribution in [3.63, 3.8) is 0 Å². The monoisotopic (exact) mass is 419 g/mol. The second-order valence-electron chi connectivity index (χ2n) is 8.61. The molecule has 1 aromatic rings. The molecule has 0 saturated carbocycles. The highest BCUT2D eigenvalue weighted by molar-refractivity contribution is 5.70. The summed E-state index contributed by atoms with van der Waals surface area (Å²) < 4.78 is 19.0. The molecule has 0 spiro atoms. The van der Waals surface area contributed by atoms with Gasteiger partial charge < -0.3 is 15.4 Å². The van der Waals surface area contributed by atoms with Gasteiger partial charge >= 0.3 is 6.09 Å². The van der Waals surface area contributed by atoms with Gasteiger partial charge in [0.25, 0.3) is 0 Å². The minimum Gasteiger partial charge on any atom is -0.444 e. The SMILES string of the molecule is CC(C)(C)OC(=O)N1CC=C2C(C#N)=C(N)C(C#N)(C#N)[C@@H](c3ccc(F)cc3)[C@@H]2C1. The van der Waals surface area contributed by atoms with Crippen molar-refractivity contribution >= 4 is 6.09 Å². The summed E-state index contributed by atoms with van der Waals surface area (Å²) in [7, 11) is 0. The number of nitrogens with two attached hydrogens (primary N) is 1. The molecule has 2 atom stereocenters. The lowest BCUT2D eigenvalue weighted by Crippen LogP contribution is -2.50. The van der Waals surface area contributed by atoms with E-state index in [1.807, 2.05) is 18.2 Å². The fourth-order valence-electron chi connectivity index (χ4n) is 4.20. The van der Waals surface area contributed by atoms with Gasteiger partial charge in [-0.15, -0.1) is 0 Å². The normalized spacial score (nSPS) is 22.4. The third-order valence-electron chi connectivity index (χ3n) is 5.55. The van der Waals surface area contributed by atoms with Crippen LogP contribution >= 0.6 is 0 Å². The first-order valence-electron chi connectivity index (χ1n) is 9.74. The van der Waals surface area contributed by atoms with Crippen molar-refractivity contribution in [3.05, 3.63) is 58.6 Å². The summed E-state index contributed by atoms with van der Waals surface area (Å²) in [5.41, 5.74) is 4.73. The molecule has 1 aliphatic heterocycles. The van der Waals surface area contributed by atoms with E-state index in [1.54, 1.807) is 26.8 Å². The standard InChI is InChI=1S/C23H22FN5O2/c1-22(2,3)31-21(30)29-9-8-16-17(10-25)20(28)23(12-26,13-27)19(18(16)11-29)14-4-6-15(24)7-5-14/h4-8,18-19H,9,11,28H2,1-3H3/t18-,19+/m1/s1. The molecule has 1 aromatic carbocycles. The van der Waals surface area contributed by atoms with Crippen LogP contribution in [0.25, 0.3) is 0 Å². The van der Waals surface area contributed by atoms with Gasteiger partial charge in [0.2, 0.25) is 0 Å². The van der Waals surface area contributed by atoms with Gasteiger partial charge in [0.05, 0.1) is 23.4 Å². The van der Waals surface area contributed by atoms with Crippen LogP contribution in [0.1, 0.15) is 32.3 Å². The summed E-state index contributed by atoms with van der Waals surface area (Å²) in [6, 6.07) is 11.5. The number of amides is 1. The Morgan fingerprint density at radius 2 is 1.84 bits per heavy atom. The van der Waals surface area contributed by atoms with E-state index in [1.165, 1.54) is 29.2 Å². The minimum atomic E-state index is -1.85. The van der Waals surface area contributed by atoms with Crippen LogP contribution in [0.2, 0.25) is 0 Å². The van der Waals surface area contributed by atoms with E-state index in [0.717, 1.165) is 0 Å². The Kier molecular flexibility index (Phi) is 5.49. The van der Waals surface area contributed by atoms with Gasteiger partial charge in [-0.25, -0.2) is 9.18 Å². The van der Waals surface area contributed by atoms with Crippen molar-refractivity contribution in [2.75, 3.05) is 13.1 Å². The quantitative estimate of drug-likeness (QED) is 0.742. The maximum atomic E-state index is 13.6. The number of hydrogen-bond acceptors (Lipinski definition) is 6. The Bertz CT molecular complexity index is 1080. The molecule has 0 aromatic heterocycles. The third kappa shape index (κ3) is 3.71. The van der Waals surface area contributed by atoms with Gasteiger partial charge in [-0.2, -0.15) is 15.8 Å². The van der Waals surface area contributed by atoms with Crippen molar-refractivity contribution in [1.82, 2.24) is 4.90 Å². The fraction of sp³-hybridized carbons (Fsp3) is 0.391. The molecule has 2 aliphatic rings. The van der Waals surface area contributed by atoms with Crippen molar-refractivity contribution in [1.29, 1.82) is 15.8 Å². The molecule has 3 rings (SSSR count). The predicted molar refractivity (Wildman–Crippen MR) is 109 cm³/mol. The summed E-state index contributed by atoms with van der Waals surface area (Å²) in [4.78, 5) is 14.1. The number of nitrogens with zero attached hydrogens (tertiary/aromatic N) is 4. The van der Waals surface area contributed by atoms with Crippen molar-refractivity contribution < 1.29 is 13.9 Å². The number of hydrogen-bond donors (Lipinski definition) is 1. The Morgan fingerprint density at radius 1 is 1.23 bits per heavy atom. The molecule has 158 valence electrons. The Morgan fingerprint density at radius 3 is 2.35 bits per heavy atom. The average Bonchev–Trinajstić information content (AvgIpc) is 2.72. The summed E-state index contributed by atoms with van der Waals surface area (Å²) in [5, 5.41) is 29.8. The van der Waals surface area contributed by atoms with Crippen molar-refractivity contribution in [2.45, 2.75) is 32.3 Å². The number of nitriles is 3. The maximum absolute atomic E-state index is 13.6. The van der Waals surface area contributed by atoms with Crippen molar-refractivity contribution in [3.8, 4) is 18.2 Å². The van der Waals surface area contributed by atoms with Crippen LogP contribution in [0.5, 0.6) is 0 Å². The summed E-state index contributed by atoms with van der Waals surface area (Å²) in [5.74, 6) is -1.85. The van der Waals surface area contributed by atoms with Gasteiger partial charge in [0.1, 0.15) is 17.5 Å². The molecule has 0 fully saturated rings. The number of halogens is 1. The number of carbonyl (C=O) groups excluding carboxylic acids is 1. The van der Waals surface area contributed by atoms with E-state index in [4.69, 9.17) is 10.5 Å². The highest BCUT2D eigenvalue weighted by Gasteiger charge is 2.54. The number of benzene rings is 1. The largest absolute Gasteiger partial charge is 0.444 e. The van der Waals surface area contributed by atoms with E-state index in [9.17, 15) is 25.0 Å². The van der Waals surface area contributed by atoms with Crippen LogP contribution in [0.3, 0.4) is 0 Å². The molecule has 31 heavy (non-hydrogen) atoms. The van der Waals surface area contributed by atoms with Crippen LogP contribution in [-0.2, 0) is 4.74 Å². The molecule has 8 heteroatoms. The molecular weight excluding hydrogens is 397 g/mol. The summed E-state index contributed by atoms with van der Waals surface area (Å²) >= 11 is 0. The van der Waals surface area contributed by atoms with E-state index in [2.05, 4.69) is 0 Å². The molecule has 2 N–H and O–H groups in total. The number of fused-ring (bicyclic) bond motifs is 1. The van der Waals surface area contributed by atoms with Gasteiger partial charge in [-0.3, -0.25) is 0 Å². The molecular formula is C23H22FN5O2. The molecule has 1 heterocycles. The smallest absolute Gasteiger partial charge is 0.410 e. The first-order chi connectivity index (χ1) is 14.6. The fourth-order valence-corrected chi connectivity index (χ4v) is 4.20. The lowest BCUT2D eigenvalue weighted by molar-refractivity contribution is 0.0224. The van der Waals surface area contributed by atoms with Crippen LogP contribution in [0, 0.1) is 51.1 Å². The zero-order valence-electron chi connectivity index (χ0n) is 17.5. The third-order valence-corrected chi connectivity index (χ3v) is 5.55. The molecule has 7 nitrogen and oxygen atoms in total. The zero-order chi connectivity index (χ0) is 23.0. The van der Waals surface area contributed by atoms with Gasteiger partial charge in [-0.1, -0.05) is 18.2 Å². The second kappa shape index (κ2) is 7.78. The predicted octanol–water partition coefficient (Wildman–Crippen LogP) is 3.49. The van der Waals surface area contributed by atoms with Crippen LogP contribution < -0.4 is 5.73 Å². The van der Waals surface area contributed by atoms with Gasteiger partial charge in [0.15, 0.2) is 5.41 Å². The van der Waals surface area contributed by atoms with Gasteiger partial charge in [-0.05, 0) is 44.0 Å². The van der Waals surface area contributed by atoms with E-state index in [0.29, 0.717) is 11.1 Å². The lowest BCUT2D eigenvalue weighted by atomic mass is 9.58. The summed E-state index contributed by atoms with van der Waals surface area (Å²) in [6.07, 6.45) is 1.17. The molecule has 1 amide bonds. The minimum absolute atomic E-state index is 0.0790. The zero-order valence-corrected chi connectivity index (χ0v) is 17.5. The lowest BCUT2D eigenvalue weighted by Gasteiger charge is -2.45. The van der Waals surface area contributed by atoms with E-state index in [-0.39, 0.29) is 24.4 Å². The van der Waals surface area contributed by atoms with E-state index >= 15 is 0 Å². The van der Waals surface area contributed by atoms with Crippen molar-refractivity contribution in [2.24, 2.45) is 17.1 Å². The summed E-state index contributed by atoms with van der Waals surface area (Å²) in [6.45, 7) is 5.58. The first kappa shape index (κ1) is 21.9. The topological polar surface area (TPSA) is 127 Å². The second-order valence-corrected chi connectivity index (χ2v) is 8.61. The Hall–Kier alpha value is -3.83. The molecule has 0 saturated heterocycles. The van der Waals surface area contributed by atoms with Crippen LogP contribution in [-0.4, -0.2) is 29.7 Å². The van der Waals surface area contributed by atoms with Crippen LogP contribution in [0.15, 0.2) is 47.2 Å². The molecule has 0 unspecified atom stereocenters. The number of allylic oxidation sites excluding steroid dienone is 2. The number of rotatable bonds is 1.